The quantitative estimate of drug-likeness (QED) is 0.348. The van der Waals surface area contributed by atoms with E-state index in [1.807, 2.05) is 24.3 Å². The number of carbonyl (C=O) groups is 2. The molecule has 152 valence electrons. The van der Waals surface area contributed by atoms with Crippen LogP contribution in [0.5, 0.6) is 0 Å². The second-order valence-corrected chi connectivity index (χ2v) is 8.55. The van der Waals surface area contributed by atoms with Gasteiger partial charge in [-0.2, -0.15) is 0 Å². The maximum Gasteiger partial charge on any atom is 0.285 e. The van der Waals surface area contributed by atoms with Gasteiger partial charge in [0.1, 0.15) is 5.92 Å². The maximum atomic E-state index is 13.8. The minimum atomic E-state index is -1.82. The highest BCUT2D eigenvalue weighted by atomic mass is 35.5. The van der Waals surface area contributed by atoms with Crippen molar-refractivity contribution in [3.63, 3.8) is 0 Å². The molecule has 0 aromatic heterocycles. The van der Waals surface area contributed by atoms with E-state index in [-0.39, 0.29) is 15.6 Å². The number of rotatable bonds is 2. The van der Waals surface area contributed by atoms with Crippen LogP contribution in [0.3, 0.4) is 0 Å². The van der Waals surface area contributed by atoms with Crippen molar-refractivity contribution < 1.29 is 14.5 Å². The number of benzene rings is 3. The lowest BCUT2D eigenvalue weighted by Crippen LogP contribution is -2.57. The molecular weight excluding hydrogens is 416 g/mol. The highest BCUT2D eigenvalue weighted by Gasteiger charge is 2.74. The maximum absolute atomic E-state index is 13.8. The lowest BCUT2D eigenvalue weighted by molar-refractivity contribution is -0.578. The monoisotopic (exact) mass is 430 g/mol. The van der Waals surface area contributed by atoms with Crippen LogP contribution < -0.4 is 4.90 Å². The molecule has 0 unspecified atom stereocenters. The second-order valence-electron chi connectivity index (χ2n) is 8.14. The Morgan fingerprint density at radius 3 is 1.97 bits per heavy atom. The van der Waals surface area contributed by atoms with E-state index in [0.717, 1.165) is 16.0 Å². The summed E-state index contributed by atoms with van der Waals surface area (Å²) in [6, 6.07) is 20.8. The van der Waals surface area contributed by atoms with E-state index in [0.29, 0.717) is 11.1 Å². The molecule has 2 bridgehead atoms. The number of para-hydroxylation sites is 1. The number of amides is 2. The number of hydrogen-bond acceptors (Lipinski definition) is 4. The zero-order chi connectivity index (χ0) is 21.5. The summed E-state index contributed by atoms with van der Waals surface area (Å²) in [6.07, 6.45) is 0. The zero-order valence-corrected chi connectivity index (χ0v) is 16.8. The van der Waals surface area contributed by atoms with Crippen LogP contribution in [0.1, 0.15) is 28.2 Å². The summed E-state index contributed by atoms with van der Waals surface area (Å²) in [5, 5.41) is 13.1. The van der Waals surface area contributed by atoms with Gasteiger partial charge in [-0.1, -0.05) is 72.3 Å². The summed E-state index contributed by atoms with van der Waals surface area (Å²) in [4.78, 5) is 41.0. The fourth-order valence-electron chi connectivity index (χ4n) is 5.91. The van der Waals surface area contributed by atoms with Gasteiger partial charge in [0.15, 0.2) is 0 Å². The van der Waals surface area contributed by atoms with Gasteiger partial charge in [-0.05, 0) is 23.3 Å². The predicted molar refractivity (Wildman–Crippen MR) is 113 cm³/mol. The van der Waals surface area contributed by atoms with Gasteiger partial charge >= 0.3 is 0 Å². The number of nitrogens with zero attached hydrogens (tertiary/aromatic N) is 2. The molecule has 1 heterocycles. The van der Waals surface area contributed by atoms with Gasteiger partial charge in [0.25, 0.3) is 5.54 Å². The molecule has 31 heavy (non-hydrogen) atoms. The van der Waals surface area contributed by atoms with Crippen LogP contribution in [0.15, 0.2) is 72.8 Å². The Morgan fingerprint density at radius 1 is 0.839 bits per heavy atom. The summed E-state index contributed by atoms with van der Waals surface area (Å²) in [5.74, 6) is -3.44. The van der Waals surface area contributed by atoms with Gasteiger partial charge in [0, 0.05) is 22.0 Å². The molecule has 0 spiro atoms. The van der Waals surface area contributed by atoms with Crippen molar-refractivity contribution in [1.82, 2.24) is 0 Å². The number of nitro groups is 1. The van der Waals surface area contributed by atoms with Crippen LogP contribution in [0, 0.1) is 22.0 Å². The number of hydrogen-bond donors (Lipinski definition) is 0. The Morgan fingerprint density at radius 2 is 1.39 bits per heavy atom. The molecule has 4 aliphatic rings. The molecule has 1 saturated heterocycles. The van der Waals surface area contributed by atoms with Gasteiger partial charge in [-0.15, -0.1) is 0 Å². The smallest absolute Gasteiger partial charge is 0.274 e. The first-order chi connectivity index (χ1) is 15.0. The van der Waals surface area contributed by atoms with E-state index in [4.69, 9.17) is 11.6 Å². The third-order valence-electron chi connectivity index (χ3n) is 6.95. The van der Waals surface area contributed by atoms with Crippen LogP contribution >= 0.6 is 11.6 Å². The Hall–Kier alpha value is -3.51. The molecule has 3 aromatic carbocycles. The summed E-state index contributed by atoms with van der Waals surface area (Å²) in [7, 11) is 0. The van der Waals surface area contributed by atoms with E-state index in [2.05, 4.69) is 0 Å². The summed E-state index contributed by atoms with van der Waals surface area (Å²) in [6.45, 7) is 0. The second kappa shape index (κ2) is 6.02. The largest absolute Gasteiger partial charge is 0.285 e. The van der Waals surface area contributed by atoms with E-state index < -0.39 is 35.1 Å². The predicted octanol–water partition coefficient (Wildman–Crippen LogP) is 4.13. The standard InChI is InChI=1S/C24H15ClN2O4/c25-17-11-5-6-12-18(17)26-22(28)20-19-13-7-1-3-9-15(13)24(27(30)31,21(20)23(26)29)16-10-4-2-8-14(16)19/h1-12,19-21H/t19?,20-,21+,24?/m0/s1. The van der Waals surface area contributed by atoms with Crippen molar-refractivity contribution in [2.45, 2.75) is 11.5 Å². The van der Waals surface area contributed by atoms with Crippen molar-refractivity contribution in [3.05, 3.63) is 110 Å². The van der Waals surface area contributed by atoms with Crippen LogP contribution in [0.4, 0.5) is 5.69 Å². The lowest BCUT2D eigenvalue weighted by Gasteiger charge is -2.48. The molecule has 2 atom stereocenters. The van der Waals surface area contributed by atoms with Crippen LogP contribution in [0.25, 0.3) is 0 Å². The first-order valence-electron chi connectivity index (χ1n) is 9.95. The topological polar surface area (TPSA) is 80.5 Å². The van der Waals surface area contributed by atoms with Crippen molar-refractivity contribution in [2.75, 3.05) is 4.90 Å². The normalized spacial score (nSPS) is 27.6. The molecule has 6 nitrogen and oxygen atoms in total. The van der Waals surface area contributed by atoms with Crippen LogP contribution in [-0.2, 0) is 15.1 Å². The summed E-state index contributed by atoms with van der Waals surface area (Å²) < 4.78 is 0. The highest BCUT2D eigenvalue weighted by Crippen LogP contribution is 2.64. The Labute approximate surface area is 182 Å². The van der Waals surface area contributed by atoms with E-state index in [1.165, 1.54) is 0 Å². The third-order valence-corrected chi connectivity index (χ3v) is 7.27. The molecule has 1 aliphatic heterocycles. The molecular formula is C24H15ClN2O4. The fraction of sp³-hybridized carbons (Fsp3) is 0.167. The average Bonchev–Trinajstić information content (AvgIpc) is 3.05. The van der Waals surface area contributed by atoms with Gasteiger partial charge in [0.05, 0.1) is 16.6 Å². The summed E-state index contributed by atoms with van der Waals surface area (Å²) >= 11 is 6.32. The molecule has 0 saturated carbocycles. The Kier molecular flexibility index (Phi) is 3.55. The molecule has 7 rings (SSSR count). The number of anilines is 1. The van der Waals surface area contributed by atoms with E-state index in [1.54, 1.807) is 48.5 Å². The van der Waals surface area contributed by atoms with Crippen LogP contribution in [0.2, 0.25) is 5.02 Å². The first kappa shape index (κ1) is 18.3. The Balaban J connectivity index is 1.69. The van der Waals surface area contributed by atoms with Gasteiger partial charge in [0.2, 0.25) is 11.8 Å². The molecule has 0 radical (unpaired) electrons. The number of carbonyl (C=O) groups excluding carboxylic acids is 2. The lowest BCUT2D eigenvalue weighted by atomic mass is 9.51. The molecule has 3 aromatic rings. The third kappa shape index (κ3) is 1.98. The molecule has 2 amide bonds. The highest BCUT2D eigenvalue weighted by molar-refractivity contribution is 6.36. The van der Waals surface area contributed by atoms with E-state index >= 15 is 0 Å². The average molecular weight is 431 g/mol. The number of imide groups is 1. The minimum absolute atomic E-state index is 0.250. The van der Waals surface area contributed by atoms with Crippen molar-refractivity contribution in [1.29, 1.82) is 0 Å². The van der Waals surface area contributed by atoms with Crippen molar-refractivity contribution in [3.8, 4) is 0 Å². The van der Waals surface area contributed by atoms with Crippen molar-refractivity contribution in [2.24, 2.45) is 11.8 Å². The zero-order valence-electron chi connectivity index (χ0n) is 16.1. The first-order valence-corrected chi connectivity index (χ1v) is 10.3. The minimum Gasteiger partial charge on any atom is -0.274 e. The molecule has 3 aliphatic carbocycles. The molecule has 0 N–H and O–H groups in total. The van der Waals surface area contributed by atoms with Gasteiger partial charge in [-0.25, -0.2) is 4.90 Å². The van der Waals surface area contributed by atoms with Gasteiger partial charge in [-0.3, -0.25) is 19.7 Å². The van der Waals surface area contributed by atoms with E-state index in [9.17, 15) is 19.7 Å². The van der Waals surface area contributed by atoms with Crippen LogP contribution in [-0.4, -0.2) is 16.7 Å². The SMILES string of the molecule is O=C1[C@H]2C3c4ccccc4C([N+](=O)[O-])(c4ccccc43)[C@H]2C(=O)N1c1ccccc1Cl. The molecule has 1 fully saturated rings. The Bertz CT molecular complexity index is 1270. The number of halogens is 1. The fourth-order valence-corrected chi connectivity index (χ4v) is 6.13. The van der Waals surface area contributed by atoms with Crippen molar-refractivity contribution >= 4 is 29.1 Å². The molecule has 7 heteroatoms. The summed E-state index contributed by atoms with van der Waals surface area (Å²) in [5.41, 5.74) is 0.899. The van der Waals surface area contributed by atoms with Gasteiger partial charge < -0.3 is 0 Å².